The van der Waals surface area contributed by atoms with Gasteiger partial charge in [0.1, 0.15) is 19.3 Å². The lowest BCUT2D eigenvalue weighted by Crippen LogP contribution is -2.30. The fourth-order valence-electron chi connectivity index (χ4n) is 9.93. The number of allylic oxidation sites excluding steroid dienone is 4. The Morgan fingerprint density at radius 2 is 0.614 bits per heavy atom. The third kappa shape index (κ3) is 62.4. The lowest BCUT2D eigenvalue weighted by Gasteiger charge is -2.21. The van der Waals surface area contributed by atoms with Crippen LogP contribution in [0.3, 0.4) is 0 Å². The van der Waals surface area contributed by atoms with Gasteiger partial charge in [-0.1, -0.05) is 277 Å². The van der Waals surface area contributed by atoms with Gasteiger partial charge in [0, 0.05) is 25.7 Å². The first-order valence-corrected chi connectivity index (χ1v) is 38.4. The molecule has 0 spiro atoms. The largest absolute Gasteiger partial charge is 0.472 e. The smallest absolute Gasteiger partial charge is 0.462 e. The van der Waals surface area contributed by atoms with E-state index in [4.69, 9.17) is 37.0 Å². The molecule has 17 nitrogen and oxygen atoms in total. The molecule has 5 atom stereocenters. The van der Waals surface area contributed by atoms with Crippen LogP contribution in [0.15, 0.2) is 24.3 Å². The molecule has 0 radical (unpaired) electrons. The second-order valence-electron chi connectivity index (χ2n) is 24.7. The van der Waals surface area contributed by atoms with Crippen molar-refractivity contribution in [1.29, 1.82) is 0 Å². The molecule has 2 unspecified atom stereocenters. The summed E-state index contributed by atoms with van der Waals surface area (Å²) in [5.74, 6) is -1.37. The van der Waals surface area contributed by atoms with Gasteiger partial charge in [-0.15, -0.1) is 0 Å². The molecule has 0 aromatic rings. The number of rotatable bonds is 67. The van der Waals surface area contributed by atoms with Crippen LogP contribution >= 0.6 is 15.6 Å². The van der Waals surface area contributed by atoms with E-state index < -0.39 is 97.5 Å². The van der Waals surface area contributed by atoms with Gasteiger partial charge < -0.3 is 33.8 Å². The fourth-order valence-corrected chi connectivity index (χ4v) is 11.5. The number of hydrogen-bond donors (Lipinski definition) is 3. The third-order valence-electron chi connectivity index (χ3n) is 15.4. The average molecular weight is 1290 g/mol. The Kier molecular flexibility index (Phi) is 60.3. The van der Waals surface area contributed by atoms with Crippen molar-refractivity contribution in [3.8, 4) is 0 Å². The second-order valence-corrected chi connectivity index (χ2v) is 27.6. The number of esters is 4. The maximum atomic E-state index is 13.0. The number of unbranched alkanes of at least 4 members (excludes halogenated alkanes) is 36. The van der Waals surface area contributed by atoms with Gasteiger partial charge in [0.15, 0.2) is 12.2 Å². The summed E-state index contributed by atoms with van der Waals surface area (Å²) in [5, 5.41) is 10.5. The monoisotopic (exact) mass is 1290 g/mol. The molecule has 0 rings (SSSR count). The zero-order valence-electron chi connectivity index (χ0n) is 56.3. The number of hydrogen-bond acceptors (Lipinski definition) is 15. The topological polar surface area (TPSA) is 237 Å². The second kappa shape index (κ2) is 62.0. The van der Waals surface area contributed by atoms with Crippen LogP contribution in [0.1, 0.15) is 330 Å². The zero-order valence-corrected chi connectivity index (χ0v) is 58.1. The highest BCUT2D eigenvalue weighted by molar-refractivity contribution is 7.47. The third-order valence-corrected chi connectivity index (χ3v) is 17.3. The summed E-state index contributed by atoms with van der Waals surface area (Å²) in [6, 6.07) is 0. The van der Waals surface area contributed by atoms with Crippen LogP contribution in [0.5, 0.6) is 0 Å². The van der Waals surface area contributed by atoms with Gasteiger partial charge in [0.05, 0.1) is 26.4 Å². The van der Waals surface area contributed by atoms with Crippen molar-refractivity contribution in [1.82, 2.24) is 0 Å². The van der Waals surface area contributed by atoms with Crippen molar-refractivity contribution < 1.29 is 80.2 Å². The van der Waals surface area contributed by atoms with E-state index in [0.29, 0.717) is 25.7 Å². The molecule has 0 amide bonds. The minimum Gasteiger partial charge on any atom is -0.462 e. The van der Waals surface area contributed by atoms with E-state index in [0.717, 1.165) is 121 Å². The van der Waals surface area contributed by atoms with Crippen LogP contribution < -0.4 is 0 Å². The van der Waals surface area contributed by atoms with Gasteiger partial charge >= 0.3 is 39.5 Å². The van der Waals surface area contributed by atoms with Gasteiger partial charge in [0.25, 0.3) is 0 Å². The zero-order chi connectivity index (χ0) is 64.9. The van der Waals surface area contributed by atoms with Gasteiger partial charge in [-0.3, -0.25) is 37.3 Å². The highest BCUT2D eigenvalue weighted by Gasteiger charge is 2.30. The molecule has 0 saturated carbocycles. The van der Waals surface area contributed by atoms with E-state index >= 15 is 0 Å². The summed E-state index contributed by atoms with van der Waals surface area (Å²) in [5.41, 5.74) is 0. The van der Waals surface area contributed by atoms with E-state index in [1.54, 1.807) is 0 Å². The summed E-state index contributed by atoms with van der Waals surface area (Å²) in [6.07, 6.45) is 51.2. The van der Waals surface area contributed by atoms with Gasteiger partial charge in [-0.25, -0.2) is 9.13 Å². The number of phosphoric ester groups is 2. The highest BCUT2D eigenvalue weighted by atomic mass is 31.2. The minimum atomic E-state index is -4.96. The molecule has 518 valence electrons. The SMILES string of the molecule is CCCCCC/C=C\C=C/CCCCCCCC(=O)OC[C@H](COP(=O)(O)OC[C@@H](O)COP(=O)(O)OC[C@@H](COC(=O)CCCCCCC)OC(=O)CCCCCCCCCCCC)OC(=O)CCCCCCCCCCCCCCCCCC(C)C. The van der Waals surface area contributed by atoms with E-state index in [9.17, 15) is 43.2 Å². The van der Waals surface area contributed by atoms with Crippen LogP contribution in [0.2, 0.25) is 0 Å². The first-order valence-electron chi connectivity index (χ1n) is 35.5. The predicted molar refractivity (Wildman–Crippen MR) is 354 cm³/mol. The predicted octanol–water partition coefficient (Wildman–Crippen LogP) is 19.3. The fraction of sp³-hybridized carbons (Fsp3) is 0.884. The standard InChI is InChI=1S/C69H130O17P2/c1-6-9-12-15-17-19-21-22-24-28-31-35-38-43-48-53-67(72)80-59-65(86-69(74)55-50-45-40-36-32-29-26-23-25-27-30-33-37-42-46-51-62(4)5)61-84-88(77,78)82-57-63(70)56-81-87(75,76)83-60-64(58-79-66(71)52-47-41-14-11-8-3)85-68(73)54-49-44-39-34-20-18-16-13-10-7-2/h19,21-22,24,62-65,70H,6-18,20,23,25-61H2,1-5H3,(H,75,76)(H,77,78)/b21-19-,24-22-/t63-,64+,65+/m0/s1. The number of carbonyl (C=O) groups excluding carboxylic acids is 4. The first-order chi connectivity index (χ1) is 42.5. The Morgan fingerprint density at radius 3 is 0.932 bits per heavy atom. The summed E-state index contributed by atoms with van der Waals surface area (Å²) >= 11 is 0. The Balaban J connectivity index is 5.19. The molecule has 0 aliphatic rings. The molecule has 0 aliphatic heterocycles. The van der Waals surface area contributed by atoms with Crippen LogP contribution in [-0.2, 0) is 65.4 Å². The minimum absolute atomic E-state index is 0.101. The van der Waals surface area contributed by atoms with E-state index in [-0.39, 0.29) is 25.7 Å². The Bertz CT molecular complexity index is 1800. The number of carbonyl (C=O) groups is 4. The van der Waals surface area contributed by atoms with Crippen molar-refractivity contribution in [3.05, 3.63) is 24.3 Å². The summed E-state index contributed by atoms with van der Waals surface area (Å²) in [6.45, 7) is 7.10. The van der Waals surface area contributed by atoms with Crippen molar-refractivity contribution in [2.45, 2.75) is 348 Å². The van der Waals surface area contributed by atoms with Crippen LogP contribution in [0.25, 0.3) is 0 Å². The number of aliphatic hydroxyl groups excluding tert-OH is 1. The van der Waals surface area contributed by atoms with Gasteiger partial charge in [-0.05, 0) is 57.3 Å². The summed E-state index contributed by atoms with van der Waals surface area (Å²) < 4.78 is 67.9. The molecule has 0 aliphatic carbocycles. The molecular weight excluding hydrogens is 1160 g/mol. The summed E-state index contributed by atoms with van der Waals surface area (Å²) in [4.78, 5) is 72.1. The lowest BCUT2D eigenvalue weighted by atomic mass is 10.0. The van der Waals surface area contributed by atoms with Gasteiger partial charge in [0.2, 0.25) is 0 Å². The van der Waals surface area contributed by atoms with E-state index in [1.807, 2.05) is 0 Å². The molecule has 0 bridgehead atoms. The Labute approximate surface area is 535 Å². The number of ether oxygens (including phenoxy) is 4. The van der Waals surface area contributed by atoms with Crippen molar-refractivity contribution >= 4 is 39.5 Å². The molecule has 19 heteroatoms. The van der Waals surface area contributed by atoms with E-state index in [2.05, 4.69) is 58.9 Å². The van der Waals surface area contributed by atoms with E-state index in [1.165, 1.54) is 128 Å². The maximum Gasteiger partial charge on any atom is 0.472 e. The molecule has 0 heterocycles. The molecular formula is C69H130O17P2. The maximum absolute atomic E-state index is 13.0. The first kappa shape index (κ1) is 85.5. The van der Waals surface area contributed by atoms with Crippen LogP contribution in [0.4, 0.5) is 0 Å². The number of phosphoric acid groups is 2. The quantitative estimate of drug-likeness (QED) is 0.0169. The van der Waals surface area contributed by atoms with Crippen molar-refractivity contribution in [3.63, 3.8) is 0 Å². The molecule has 88 heavy (non-hydrogen) atoms. The Morgan fingerprint density at radius 1 is 0.352 bits per heavy atom. The van der Waals surface area contributed by atoms with Crippen LogP contribution in [-0.4, -0.2) is 96.7 Å². The molecule has 3 N–H and O–H groups in total. The molecule has 0 aromatic carbocycles. The number of aliphatic hydroxyl groups is 1. The molecule has 0 saturated heterocycles. The molecule has 0 fully saturated rings. The normalized spacial score (nSPS) is 14.3. The average Bonchev–Trinajstić information content (AvgIpc) is 3.67. The van der Waals surface area contributed by atoms with Crippen LogP contribution in [0, 0.1) is 5.92 Å². The van der Waals surface area contributed by atoms with Crippen molar-refractivity contribution in [2.75, 3.05) is 39.6 Å². The summed E-state index contributed by atoms with van der Waals surface area (Å²) in [7, 11) is -9.90. The Hall–Kier alpha value is -2.46. The van der Waals surface area contributed by atoms with Gasteiger partial charge in [-0.2, -0.15) is 0 Å². The molecule has 0 aromatic heterocycles. The lowest BCUT2D eigenvalue weighted by molar-refractivity contribution is -0.161. The highest BCUT2D eigenvalue weighted by Crippen LogP contribution is 2.45. The van der Waals surface area contributed by atoms with Crippen molar-refractivity contribution in [2.24, 2.45) is 5.92 Å².